The van der Waals surface area contributed by atoms with Gasteiger partial charge in [0, 0.05) is 0 Å². The van der Waals surface area contributed by atoms with Crippen molar-refractivity contribution in [2.75, 3.05) is 11.3 Å². The van der Waals surface area contributed by atoms with Crippen molar-refractivity contribution >= 4 is 15.7 Å². The van der Waals surface area contributed by atoms with Crippen LogP contribution in [0.5, 0.6) is 6.01 Å². The van der Waals surface area contributed by atoms with E-state index in [9.17, 15) is 8.42 Å². The van der Waals surface area contributed by atoms with Gasteiger partial charge in [0.1, 0.15) is 0 Å². The van der Waals surface area contributed by atoms with Crippen LogP contribution in [0.25, 0.3) is 11.1 Å². The predicted octanol–water partition coefficient (Wildman–Crippen LogP) is 3.96. The van der Waals surface area contributed by atoms with Gasteiger partial charge >= 0.3 is 6.01 Å². The molecule has 140 valence electrons. The molecule has 3 rings (SSSR count). The van der Waals surface area contributed by atoms with Crippen LogP contribution in [0.2, 0.25) is 0 Å². The van der Waals surface area contributed by atoms with Crippen molar-refractivity contribution in [3.8, 4) is 17.1 Å². The first kappa shape index (κ1) is 18.8. The third kappa shape index (κ3) is 4.25. The van der Waals surface area contributed by atoms with Crippen LogP contribution in [0.1, 0.15) is 18.3 Å². The molecule has 0 aliphatic carbocycles. The summed E-state index contributed by atoms with van der Waals surface area (Å²) >= 11 is 0. The van der Waals surface area contributed by atoms with E-state index < -0.39 is 10.0 Å². The van der Waals surface area contributed by atoms with Gasteiger partial charge in [-0.25, -0.2) is 8.42 Å². The molecule has 2 aromatic carbocycles. The number of rotatable bonds is 6. The van der Waals surface area contributed by atoms with Crippen LogP contribution in [-0.2, 0) is 10.0 Å². The molecular formula is C20H21N3O3S. The Bertz CT molecular complexity index is 1010. The maximum atomic E-state index is 12.8. The molecule has 0 aliphatic rings. The summed E-state index contributed by atoms with van der Waals surface area (Å²) in [5.41, 5.74) is 3.36. The number of anilines is 1. The minimum Gasteiger partial charge on any atom is -0.464 e. The fraction of sp³-hybridized carbons (Fsp3) is 0.200. The summed E-state index contributed by atoms with van der Waals surface area (Å²) in [6, 6.07) is 16.8. The highest BCUT2D eigenvalue weighted by Gasteiger charge is 2.19. The Balaban J connectivity index is 1.87. The van der Waals surface area contributed by atoms with E-state index in [1.807, 2.05) is 37.3 Å². The molecule has 0 aliphatic heterocycles. The van der Waals surface area contributed by atoms with Gasteiger partial charge < -0.3 is 4.74 Å². The van der Waals surface area contributed by atoms with Crippen molar-refractivity contribution in [3.05, 3.63) is 66.0 Å². The summed E-state index contributed by atoms with van der Waals surface area (Å²) in [5, 5.41) is 0. The third-order valence-corrected chi connectivity index (χ3v) is 5.40. The van der Waals surface area contributed by atoms with Crippen molar-refractivity contribution in [2.45, 2.75) is 25.7 Å². The molecule has 0 fully saturated rings. The van der Waals surface area contributed by atoms with Gasteiger partial charge in [0.05, 0.1) is 28.6 Å². The molecule has 1 aromatic heterocycles. The lowest BCUT2D eigenvalue weighted by molar-refractivity contribution is 0.311. The second-order valence-electron chi connectivity index (χ2n) is 5.98. The van der Waals surface area contributed by atoms with Crippen molar-refractivity contribution in [1.29, 1.82) is 0 Å². The first-order valence-corrected chi connectivity index (χ1v) is 10.1. The summed E-state index contributed by atoms with van der Waals surface area (Å²) in [6.07, 6.45) is 0. The number of aromatic nitrogens is 2. The van der Waals surface area contributed by atoms with Gasteiger partial charge in [0.25, 0.3) is 10.0 Å². The summed E-state index contributed by atoms with van der Waals surface area (Å²) in [5.74, 6) is 0. The zero-order chi connectivity index (χ0) is 19.4. The molecule has 0 spiro atoms. The second-order valence-corrected chi connectivity index (χ2v) is 7.66. The van der Waals surface area contributed by atoms with Crippen molar-refractivity contribution in [2.24, 2.45) is 0 Å². The number of nitrogens with one attached hydrogen (secondary N) is 1. The summed E-state index contributed by atoms with van der Waals surface area (Å²) in [6.45, 7) is 5.71. The highest BCUT2D eigenvalue weighted by Crippen LogP contribution is 2.25. The molecule has 1 N–H and O–H groups in total. The van der Waals surface area contributed by atoms with Gasteiger partial charge in [0.2, 0.25) is 0 Å². The number of benzene rings is 2. The quantitative estimate of drug-likeness (QED) is 0.697. The summed E-state index contributed by atoms with van der Waals surface area (Å²) in [4.78, 5) is 8.57. The number of hydrogen-bond acceptors (Lipinski definition) is 5. The van der Waals surface area contributed by atoms with Crippen LogP contribution in [0.15, 0.2) is 59.5 Å². The molecule has 0 bridgehead atoms. The molecule has 0 amide bonds. The van der Waals surface area contributed by atoms with E-state index in [4.69, 9.17) is 4.74 Å². The Labute approximate surface area is 159 Å². The van der Waals surface area contributed by atoms with E-state index in [0.717, 1.165) is 11.1 Å². The largest absolute Gasteiger partial charge is 0.464 e. The van der Waals surface area contributed by atoms with E-state index in [0.29, 0.717) is 23.7 Å². The summed E-state index contributed by atoms with van der Waals surface area (Å²) in [7, 11) is -3.75. The average molecular weight is 383 g/mol. The molecule has 27 heavy (non-hydrogen) atoms. The molecule has 0 radical (unpaired) electrons. The molecule has 1 heterocycles. The Morgan fingerprint density at radius 1 is 0.889 bits per heavy atom. The van der Waals surface area contributed by atoms with Gasteiger partial charge in [-0.3, -0.25) is 4.72 Å². The Morgan fingerprint density at radius 3 is 2.00 bits per heavy atom. The first-order valence-electron chi connectivity index (χ1n) is 8.57. The maximum absolute atomic E-state index is 12.8. The molecule has 0 atom stereocenters. The molecular weight excluding hydrogens is 362 g/mol. The zero-order valence-corrected chi connectivity index (χ0v) is 16.2. The van der Waals surface area contributed by atoms with Crippen LogP contribution < -0.4 is 9.46 Å². The normalized spacial score (nSPS) is 11.2. The van der Waals surface area contributed by atoms with Gasteiger partial charge in [-0.1, -0.05) is 42.5 Å². The van der Waals surface area contributed by atoms with E-state index in [2.05, 4.69) is 14.7 Å². The standard InChI is InChI=1S/C20H21N3O3S/c1-4-26-20-21-14(2)19(15(3)22-20)23-27(24,25)18-12-10-17(11-13-18)16-8-6-5-7-9-16/h5-13,23H,4H2,1-3H3. The molecule has 3 aromatic rings. The van der Waals surface area contributed by atoms with Crippen LogP contribution >= 0.6 is 0 Å². The first-order chi connectivity index (χ1) is 12.9. The number of hydrogen-bond donors (Lipinski definition) is 1. The zero-order valence-electron chi connectivity index (χ0n) is 15.4. The van der Waals surface area contributed by atoms with Crippen LogP contribution in [0.4, 0.5) is 5.69 Å². The lowest BCUT2D eigenvalue weighted by atomic mass is 10.1. The van der Waals surface area contributed by atoms with Crippen LogP contribution in [-0.4, -0.2) is 25.0 Å². The molecule has 7 heteroatoms. The van der Waals surface area contributed by atoms with E-state index >= 15 is 0 Å². The van der Waals surface area contributed by atoms with Crippen LogP contribution in [0.3, 0.4) is 0 Å². The van der Waals surface area contributed by atoms with Gasteiger partial charge in [-0.2, -0.15) is 9.97 Å². The smallest absolute Gasteiger partial charge is 0.316 e. The van der Waals surface area contributed by atoms with E-state index in [1.165, 1.54) is 0 Å². The Kier molecular flexibility index (Phi) is 5.41. The summed E-state index contributed by atoms with van der Waals surface area (Å²) < 4.78 is 33.4. The van der Waals surface area contributed by atoms with Crippen molar-refractivity contribution in [1.82, 2.24) is 9.97 Å². The molecule has 6 nitrogen and oxygen atoms in total. The Hall–Kier alpha value is -2.93. The topological polar surface area (TPSA) is 81.2 Å². The van der Waals surface area contributed by atoms with Crippen LogP contribution in [0, 0.1) is 13.8 Å². The third-order valence-electron chi connectivity index (χ3n) is 4.03. The van der Waals surface area contributed by atoms with Gasteiger partial charge in [-0.15, -0.1) is 0 Å². The minimum absolute atomic E-state index is 0.176. The van der Waals surface area contributed by atoms with Crippen molar-refractivity contribution < 1.29 is 13.2 Å². The number of ether oxygens (including phenoxy) is 1. The SMILES string of the molecule is CCOc1nc(C)c(NS(=O)(=O)c2ccc(-c3ccccc3)cc2)c(C)n1. The Morgan fingerprint density at radius 2 is 1.44 bits per heavy atom. The minimum atomic E-state index is -3.75. The van der Waals surface area contributed by atoms with Gasteiger partial charge in [0.15, 0.2) is 0 Å². The predicted molar refractivity (Wildman–Crippen MR) is 105 cm³/mol. The fourth-order valence-electron chi connectivity index (χ4n) is 2.68. The number of sulfonamides is 1. The molecule has 0 unspecified atom stereocenters. The number of aryl methyl sites for hydroxylation is 2. The fourth-order valence-corrected chi connectivity index (χ4v) is 3.85. The lowest BCUT2D eigenvalue weighted by Crippen LogP contribution is -2.16. The lowest BCUT2D eigenvalue weighted by Gasteiger charge is -2.13. The molecule has 0 saturated carbocycles. The van der Waals surface area contributed by atoms with E-state index in [-0.39, 0.29) is 10.9 Å². The number of nitrogens with zero attached hydrogens (tertiary/aromatic N) is 2. The van der Waals surface area contributed by atoms with Gasteiger partial charge in [-0.05, 0) is 44.0 Å². The monoisotopic (exact) mass is 383 g/mol. The highest BCUT2D eigenvalue weighted by atomic mass is 32.2. The highest BCUT2D eigenvalue weighted by molar-refractivity contribution is 7.92. The molecule has 0 saturated heterocycles. The second kappa shape index (κ2) is 7.75. The maximum Gasteiger partial charge on any atom is 0.316 e. The van der Waals surface area contributed by atoms with E-state index in [1.54, 1.807) is 38.1 Å². The average Bonchev–Trinajstić information content (AvgIpc) is 2.66. The van der Waals surface area contributed by atoms with Crippen molar-refractivity contribution in [3.63, 3.8) is 0 Å².